The average molecular weight is 468 g/mol. The molecule has 0 aliphatic heterocycles. The SMILES string of the molecule is O=C(NCc1ccccc1Cl)c1ccccc1-c1ncc(-c2ccc(Br)cc2)o1. The van der Waals surface area contributed by atoms with Gasteiger partial charge in [-0.2, -0.15) is 0 Å². The van der Waals surface area contributed by atoms with Crippen LogP contribution in [0.2, 0.25) is 5.02 Å². The van der Waals surface area contributed by atoms with E-state index in [2.05, 4.69) is 26.2 Å². The van der Waals surface area contributed by atoms with Crippen LogP contribution in [0.25, 0.3) is 22.8 Å². The standard InChI is InChI=1S/C23H16BrClN2O2/c24-17-11-9-15(10-12-17)21-14-27-23(29-21)19-7-3-2-6-18(19)22(28)26-13-16-5-1-4-8-20(16)25/h1-12,14H,13H2,(H,26,28). The molecule has 0 fully saturated rings. The van der Waals surface area contributed by atoms with E-state index in [-0.39, 0.29) is 5.91 Å². The maximum atomic E-state index is 12.8. The molecule has 0 aliphatic carbocycles. The van der Waals surface area contributed by atoms with Crippen LogP contribution in [-0.2, 0) is 6.54 Å². The predicted molar refractivity (Wildman–Crippen MR) is 118 cm³/mol. The van der Waals surface area contributed by atoms with Crippen LogP contribution < -0.4 is 5.32 Å². The molecule has 0 aliphatic rings. The molecular formula is C23H16BrClN2O2. The van der Waals surface area contributed by atoms with Crippen molar-refractivity contribution < 1.29 is 9.21 Å². The average Bonchev–Trinajstić information content (AvgIpc) is 3.23. The van der Waals surface area contributed by atoms with Gasteiger partial charge in [0.1, 0.15) is 0 Å². The number of benzene rings is 3. The first-order valence-electron chi connectivity index (χ1n) is 8.94. The molecule has 3 aromatic carbocycles. The summed E-state index contributed by atoms with van der Waals surface area (Å²) < 4.78 is 6.93. The molecular weight excluding hydrogens is 452 g/mol. The summed E-state index contributed by atoms with van der Waals surface area (Å²) in [5.41, 5.74) is 2.89. The number of oxazole rings is 1. The number of nitrogens with zero attached hydrogens (tertiary/aromatic N) is 1. The third-order valence-electron chi connectivity index (χ3n) is 4.43. The molecule has 0 saturated carbocycles. The number of carbonyl (C=O) groups is 1. The molecule has 0 saturated heterocycles. The maximum Gasteiger partial charge on any atom is 0.252 e. The molecule has 4 rings (SSSR count). The van der Waals surface area contributed by atoms with Crippen molar-refractivity contribution in [3.63, 3.8) is 0 Å². The van der Waals surface area contributed by atoms with Gasteiger partial charge in [0.05, 0.1) is 11.8 Å². The second kappa shape index (κ2) is 8.64. The van der Waals surface area contributed by atoms with Crippen molar-refractivity contribution in [2.45, 2.75) is 6.54 Å². The van der Waals surface area contributed by atoms with Gasteiger partial charge in [0.25, 0.3) is 5.91 Å². The van der Waals surface area contributed by atoms with E-state index in [1.165, 1.54) is 0 Å². The van der Waals surface area contributed by atoms with Gasteiger partial charge in [0, 0.05) is 27.2 Å². The first-order valence-corrected chi connectivity index (χ1v) is 10.1. The minimum atomic E-state index is -0.219. The summed E-state index contributed by atoms with van der Waals surface area (Å²) in [6, 6.07) is 22.4. The molecule has 1 aromatic heterocycles. The highest BCUT2D eigenvalue weighted by Crippen LogP contribution is 2.29. The highest BCUT2D eigenvalue weighted by Gasteiger charge is 2.17. The fraction of sp³-hybridized carbons (Fsp3) is 0.0435. The fourth-order valence-corrected chi connectivity index (χ4v) is 3.39. The molecule has 0 spiro atoms. The highest BCUT2D eigenvalue weighted by molar-refractivity contribution is 9.10. The molecule has 4 aromatic rings. The van der Waals surface area contributed by atoms with E-state index in [0.717, 1.165) is 15.6 Å². The Morgan fingerprint density at radius 3 is 2.52 bits per heavy atom. The van der Waals surface area contributed by atoms with Crippen LogP contribution >= 0.6 is 27.5 Å². The van der Waals surface area contributed by atoms with Crippen LogP contribution in [-0.4, -0.2) is 10.9 Å². The molecule has 0 radical (unpaired) electrons. The van der Waals surface area contributed by atoms with Gasteiger partial charge in [0.2, 0.25) is 5.89 Å². The number of halogens is 2. The molecule has 144 valence electrons. The molecule has 4 nitrogen and oxygen atoms in total. The van der Waals surface area contributed by atoms with Gasteiger partial charge in [-0.05, 0) is 35.9 Å². The number of hydrogen-bond donors (Lipinski definition) is 1. The summed E-state index contributed by atoms with van der Waals surface area (Å²) in [6.07, 6.45) is 1.66. The lowest BCUT2D eigenvalue weighted by molar-refractivity contribution is 0.0951. The zero-order valence-corrected chi connectivity index (χ0v) is 17.6. The first-order chi connectivity index (χ1) is 14.1. The van der Waals surface area contributed by atoms with Crippen LogP contribution in [0.4, 0.5) is 0 Å². The number of rotatable bonds is 5. The topological polar surface area (TPSA) is 55.1 Å². The zero-order chi connectivity index (χ0) is 20.2. The number of aromatic nitrogens is 1. The van der Waals surface area contributed by atoms with Crippen LogP contribution in [0.15, 0.2) is 87.9 Å². The minimum Gasteiger partial charge on any atom is -0.436 e. The van der Waals surface area contributed by atoms with Gasteiger partial charge in [0.15, 0.2) is 5.76 Å². The van der Waals surface area contributed by atoms with Crippen LogP contribution in [0, 0.1) is 0 Å². The van der Waals surface area contributed by atoms with Crippen molar-refractivity contribution in [1.29, 1.82) is 0 Å². The van der Waals surface area contributed by atoms with E-state index < -0.39 is 0 Å². The van der Waals surface area contributed by atoms with Gasteiger partial charge >= 0.3 is 0 Å². The predicted octanol–water partition coefficient (Wildman–Crippen LogP) is 6.35. The van der Waals surface area contributed by atoms with Crippen molar-refractivity contribution in [3.8, 4) is 22.8 Å². The second-order valence-electron chi connectivity index (χ2n) is 6.36. The van der Waals surface area contributed by atoms with Gasteiger partial charge in [-0.3, -0.25) is 4.79 Å². The molecule has 6 heteroatoms. The molecule has 29 heavy (non-hydrogen) atoms. The minimum absolute atomic E-state index is 0.219. The van der Waals surface area contributed by atoms with Gasteiger partial charge in [-0.25, -0.2) is 4.98 Å². The zero-order valence-electron chi connectivity index (χ0n) is 15.2. The summed E-state index contributed by atoms with van der Waals surface area (Å²) in [5.74, 6) is 0.814. The Kier molecular flexibility index (Phi) is 5.79. The summed E-state index contributed by atoms with van der Waals surface area (Å²) in [4.78, 5) is 17.2. The summed E-state index contributed by atoms with van der Waals surface area (Å²) in [7, 11) is 0. The monoisotopic (exact) mass is 466 g/mol. The van der Waals surface area contributed by atoms with E-state index in [4.69, 9.17) is 16.0 Å². The number of carbonyl (C=O) groups excluding carboxylic acids is 1. The van der Waals surface area contributed by atoms with Crippen molar-refractivity contribution in [2.24, 2.45) is 0 Å². The lowest BCUT2D eigenvalue weighted by atomic mass is 10.1. The van der Waals surface area contributed by atoms with Gasteiger partial charge in [-0.15, -0.1) is 0 Å². The Morgan fingerprint density at radius 1 is 1.00 bits per heavy atom. The number of amides is 1. The van der Waals surface area contributed by atoms with Crippen molar-refractivity contribution >= 4 is 33.4 Å². The highest BCUT2D eigenvalue weighted by atomic mass is 79.9. The van der Waals surface area contributed by atoms with Crippen molar-refractivity contribution in [2.75, 3.05) is 0 Å². The fourth-order valence-electron chi connectivity index (χ4n) is 2.93. The van der Waals surface area contributed by atoms with E-state index in [0.29, 0.717) is 34.3 Å². The quantitative estimate of drug-likeness (QED) is 0.372. The molecule has 1 amide bonds. The summed E-state index contributed by atoms with van der Waals surface area (Å²) in [5, 5.41) is 3.53. The smallest absolute Gasteiger partial charge is 0.252 e. The van der Waals surface area contributed by atoms with Crippen LogP contribution in [0.5, 0.6) is 0 Å². The van der Waals surface area contributed by atoms with Crippen LogP contribution in [0.3, 0.4) is 0 Å². The van der Waals surface area contributed by atoms with Gasteiger partial charge < -0.3 is 9.73 Å². The Hall–Kier alpha value is -2.89. The third-order valence-corrected chi connectivity index (χ3v) is 5.33. The lowest BCUT2D eigenvalue weighted by Gasteiger charge is -2.09. The number of nitrogens with one attached hydrogen (secondary N) is 1. The maximum absolute atomic E-state index is 12.8. The van der Waals surface area contributed by atoms with Crippen molar-refractivity contribution in [1.82, 2.24) is 10.3 Å². The molecule has 0 unspecified atom stereocenters. The Morgan fingerprint density at radius 2 is 1.72 bits per heavy atom. The van der Waals surface area contributed by atoms with E-state index >= 15 is 0 Å². The third kappa shape index (κ3) is 4.42. The van der Waals surface area contributed by atoms with Crippen molar-refractivity contribution in [3.05, 3.63) is 99.6 Å². The molecule has 0 bridgehead atoms. The largest absolute Gasteiger partial charge is 0.436 e. The Labute approximate surface area is 181 Å². The van der Waals surface area contributed by atoms with E-state index in [1.54, 1.807) is 18.3 Å². The van der Waals surface area contributed by atoms with E-state index in [9.17, 15) is 4.79 Å². The first kappa shape index (κ1) is 19.4. The Balaban J connectivity index is 1.58. The molecule has 1 heterocycles. The second-order valence-corrected chi connectivity index (χ2v) is 7.68. The summed E-state index contributed by atoms with van der Waals surface area (Å²) in [6.45, 7) is 0.336. The summed E-state index contributed by atoms with van der Waals surface area (Å²) >= 11 is 9.59. The lowest BCUT2D eigenvalue weighted by Crippen LogP contribution is -2.23. The molecule has 0 atom stereocenters. The normalized spacial score (nSPS) is 10.7. The Bertz CT molecular complexity index is 1160. The van der Waals surface area contributed by atoms with E-state index in [1.807, 2.05) is 60.7 Å². The number of hydrogen-bond acceptors (Lipinski definition) is 3. The van der Waals surface area contributed by atoms with Crippen LogP contribution in [0.1, 0.15) is 15.9 Å². The molecule has 1 N–H and O–H groups in total. The van der Waals surface area contributed by atoms with Gasteiger partial charge in [-0.1, -0.05) is 70.0 Å².